The first kappa shape index (κ1) is 12.1. The Bertz CT molecular complexity index is 633. The van der Waals surface area contributed by atoms with Crippen molar-refractivity contribution in [3.63, 3.8) is 0 Å². The molecule has 1 atom stereocenters. The van der Waals surface area contributed by atoms with Gasteiger partial charge in [0.25, 0.3) is 0 Å². The maximum absolute atomic E-state index is 11.4. The SMILES string of the molecule is Cc1cc(C(C(=O)O)C2OC(C)O2)nc2ccnn12. The summed E-state index contributed by atoms with van der Waals surface area (Å²) in [7, 11) is 0. The van der Waals surface area contributed by atoms with Crippen molar-refractivity contribution in [2.75, 3.05) is 0 Å². The molecule has 0 radical (unpaired) electrons. The second-order valence-electron chi connectivity index (χ2n) is 4.45. The van der Waals surface area contributed by atoms with Crippen molar-refractivity contribution in [1.82, 2.24) is 14.6 Å². The van der Waals surface area contributed by atoms with Gasteiger partial charge in [0.05, 0.1) is 11.9 Å². The molecule has 0 bridgehead atoms. The highest BCUT2D eigenvalue weighted by Gasteiger charge is 2.41. The lowest BCUT2D eigenvalue weighted by molar-refractivity contribution is -0.380. The number of rotatable bonds is 3. The predicted molar refractivity (Wildman–Crippen MR) is 63.5 cm³/mol. The van der Waals surface area contributed by atoms with Gasteiger partial charge in [0.15, 0.2) is 18.2 Å². The number of fused-ring (bicyclic) bond motifs is 1. The summed E-state index contributed by atoms with van der Waals surface area (Å²) in [6.07, 6.45) is 0.462. The number of aliphatic carboxylic acids is 1. The quantitative estimate of drug-likeness (QED) is 0.886. The van der Waals surface area contributed by atoms with Crippen molar-refractivity contribution >= 4 is 11.6 Å². The molecule has 1 unspecified atom stereocenters. The molecule has 0 spiro atoms. The number of carboxylic acid groups (broad SMARTS) is 1. The number of carboxylic acids is 1. The van der Waals surface area contributed by atoms with Gasteiger partial charge in [-0.1, -0.05) is 0 Å². The lowest BCUT2D eigenvalue weighted by atomic mass is 10.0. The molecule has 1 saturated heterocycles. The molecule has 7 heteroatoms. The first-order valence-electron chi connectivity index (χ1n) is 5.91. The van der Waals surface area contributed by atoms with Gasteiger partial charge in [0.2, 0.25) is 0 Å². The molecule has 3 rings (SSSR count). The fourth-order valence-corrected chi connectivity index (χ4v) is 2.18. The smallest absolute Gasteiger partial charge is 0.317 e. The van der Waals surface area contributed by atoms with Crippen LogP contribution in [0.3, 0.4) is 0 Å². The first-order chi connectivity index (χ1) is 9.06. The third-order valence-corrected chi connectivity index (χ3v) is 3.07. The minimum Gasteiger partial charge on any atom is -0.481 e. The number of hydrogen-bond donors (Lipinski definition) is 1. The van der Waals surface area contributed by atoms with E-state index in [2.05, 4.69) is 10.1 Å². The average molecular weight is 263 g/mol. The molecular formula is C12H13N3O4. The van der Waals surface area contributed by atoms with E-state index >= 15 is 0 Å². The maximum atomic E-state index is 11.4. The van der Waals surface area contributed by atoms with Crippen LogP contribution < -0.4 is 0 Å². The largest absolute Gasteiger partial charge is 0.481 e. The van der Waals surface area contributed by atoms with Gasteiger partial charge in [-0.05, 0) is 19.9 Å². The van der Waals surface area contributed by atoms with Crippen LogP contribution in [0, 0.1) is 6.92 Å². The Morgan fingerprint density at radius 3 is 2.89 bits per heavy atom. The summed E-state index contributed by atoms with van der Waals surface area (Å²) in [5.74, 6) is -1.96. The molecule has 0 amide bonds. The first-order valence-corrected chi connectivity index (χ1v) is 5.91. The lowest BCUT2D eigenvalue weighted by Gasteiger charge is -2.36. The van der Waals surface area contributed by atoms with Crippen molar-refractivity contribution in [2.45, 2.75) is 32.3 Å². The van der Waals surface area contributed by atoms with Crippen molar-refractivity contribution in [3.05, 3.63) is 29.7 Å². The van der Waals surface area contributed by atoms with Crippen LogP contribution in [0.15, 0.2) is 18.3 Å². The Hall–Kier alpha value is -1.99. The van der Waals surface area contributed by atoms with Gasteiger partial charge in [0.1, 0.15) is 5.92 Å². The van der Waals surface area contributed by atoms with Crippen molar-refractivity contribution in [3.8, 4) is 0 Å². The minimum atomic E-state index is -1.02. The summed E-state index contributed by atoms with van der Waals surface area (Å²) >= 11 is 0. The Kier molecular flexibility index (Phi) is 2.72. The zero-order valence-electron chi connectivity index (χ0n) is 10.5. The molecule has 100 valence electrons. The van der Waals surface area contributed by atoms with Crippen molar-refractivity contribution < 1.29 is 19.4 Å². The van der Waals surface area contributed by atoms with Crippen LogP contribution in [0.5, 0.6) is 0 Å². The Morgan fingerprint density at radius 1 is 1.53 bits per heavy atom. The molecule has 1 N–H and O–H groups in total. The Balaban J connectivity index is 2.02. The summed E-state index contributed by atoms with van der Waals surface area (Å²) in [6, 6.07) is 3.41. The third kappa shape index (κ3) is 1.96. The summed E-state index contributed by atoms with van der Waals surface area (Å²) in [5.41, 5.74) is 1.83. The van der Waals surface area contributed by atoms with Crippen LogP contribution in [-0.2, 0) is 14.3 Å². The summed E-state index contributed by atoms with van der Waals surface area (Å²) < 4.78 is 12.2. The number of hydrogen-bond acceptors (Lipinski definition) is 5. The van der Waals surface area contributed by atoms with Crippen LogP contribution in [0.25, 0.3) is 5.65 Å². The zero-order chi connectivity index (χ0) is 13.6. The molecule has 2 aromatic heterocycles. The zero-order valence-corrected chi connectivity index (χ0v) is 10.5. The highest BCUT2D eigenvalue weighted by molar-refractivity contribution is 5.76. The van der Waals surface area contributed by atoms with Gasteiger partial charge in [-0.15, -0.1) is 0 Å². The summed E-state index contributed by atoms with van der Waals surface area (Å²) in [6.45, 7) is 3.56. The second kappa shape index (κ2) is 4.29. The van der Waals surface area contributed by atoms with Crippen LogP contribution >= 0.6 is 0 Å². The Labute approximate surface area is 108 Å². The van der Waals surface area contributed by atoms with E-state index in [4.69, 9.17) is 9.47 Å². The summed E-state index contributed by atoms with van der Waals surface area (Å²) in [4.78, 5) is 15.7. The number of aryl methyl sites for hydroxylation is 1. The Morgan fingerprint density at radius 2 is 2.26 bits per heavy atom. The van der Waals surface area contributed by atoms with Gasteiger partial charge < -0.3 is 14.6 Å². The van der Waals surface area contributed by atoms with E-state index in [1.165, 1.54) is 0 Å². The van der Waals surface area contributed by atoms with Crippen LogP contribution in [0.2, 0.25) is 0 Å². The van der Waals surface area contributed by atoms with Gasteiger partial charge in [-0.3, -0.25) is 4.79 Å². The van der Waals surface area contributed by atoms with E-state index in [0.29, 0.717) is 11.3 Å². The minimum absolute atomic E-state index is 0.369. The van der Waals surface area contributed by atoms with E-state index in [9.17, 15) is 9.90 Å². The third-order valence-electron chi connectivity index (χ3n) is 3.07. The molecule has 7 nitrogen and oxygen atoms in total. The van der Waals surface area contributed by atoms with Gasteiger partial charge in [-0.2, -0.15) is 5.10 Å². The molecule has 1 fully saturated rings. The molecule has 0 saturated carbocycles. The fourth-order valence-electron chi connectivity index (χ4n) is 2.18. The predicted octanol–water partition coefficient (Wildman–Crippen LogP) is 0.925. The van der Waals surface area contributed by atoms with E-state index in [1.54, 1.807) is 29.8 Å². The number of carbonyl (C=O) groups is 1. The van der Waals surface area contributed by atoms with Crippen molar-refractivity contribution in [2.24, 2.45) is 0 Å². The van der Waals surface area contributed by atoms with Crippen molar-refractivity contribution in [1.29, 1.82) is 0 Å². The molecule has 1 aliphatic heterocycles. The van der Waals surface area contributed by atoms with Gasteiger partial charge in [0, 0.05) is 11.8 Å². The average Bonchev–Trinajstić information content (AvgIpc) is 2.75. The molecule has 0 aliphatic carbocycles. The molecule has 3 heterocycles. The van der Waals surface area contributed by atoms with Crippen LogP contribution in [0.1, 0.15) is 24.2 Å². The van der Waals surface area contributed by atoms with Gasteiger partial charge >= 0.3 is 5.97 Å². The van der Waals surface area contributed by atoms with Gasteiger partial charge in [-0.25, -0.2) is 9.50 Å². The number of ether oxygens (including phenoxy) is 2. The molecule has 2 aromatic rings. The fraction of sp³-hybridized carbons (Fsp3) is 0.417. The highest BCUT2D eigenvalue weighted by Crippen LogP contribution is 2.30. The van der Waals surface area contributed by atoms with E-state index in [1.807, 2.05) is 6.92 Å². The molecule has 19 heavy (non-hydrogen) atoms. The topological polar surface area (TPSA) is 86.0 Å². The van der Waals surface area contributed by atoms with E-state index in [-0.39, 0.29) is 6.29 Å². The monoisotopic (exact) mass is 263 g/mol. The standard InChI is InChI=1S/C12H13N3O4/c1-6-5-8(14-9-3-4-13-15(6)9)10(11(16)17)12-18-7(2)19-12/h3-5,7,10,12H,1-2H3,(H,16,17). The van der Waals surface area contributed by atoms with Crippen LogP contribution in [0.4, 0.5) is 0 Å². The number of aromatic nitrogens is 3. The highest BCUT2D eigenvalue weighted by atomic mass is 16.9. The second-order valence-corrected chi connectivity index (χ2v) is 4.45. The molecular weight excluding hydrogens is 250 g/mol. The van der Waals surface area contributed by atoms with E-state index < -0.39 is 18.2 Å². The summed E-state index contributed by atoms with van der Waals surface area (Å²) in [5, 5.41) is 13.4. The van der Waals surface area contributed by atoms with E-state index in [0.717, 1.165) is 5.69 Å². The lowest BCUT2D eigenvalue weighted by Crippen LogP contribution is -2.45. The molecule has 1 aliphatic rings. The normalized spacial score (nSPS) is 24.1. The number of nitrogens with zero attached hydrogens (tertiary/aromatic N) is 3. The van der Waals surface area contributed by atoms with Crippen LogP contribution in [-0.4, -0.2) is 38.3 Å². The molecule has 0 aromatic carbocycles. The maximum Gasteiger partial charge on any atom is 0.317 e.